The molecule has 1 aliphatic heterocycles. The van der Waals surface area contributed by atoms with E-state index in [4.69, 9.17) is 0 Å². The molecule has 106 valence electrons. The average Bonchev–Trinajstić information content (AvgIpc) is 3.04. The van der Waals surface area contributed by atoms with E-state index in [1.165, 1.54) is 16.6 Å². The SMILES string of the molecule is CCC1CCCN1C(=O)c1ccc2[nH]c(C)c(C)c2c1. The van der Waals surface area contributed by atoms with Gasteiger partial charge >= 0.3 is 0 Å². The van der Waals surface area contributed by atoms with E-state index in [0.29, 0.717) is 6.04 Å². The van der Waals surface area contributed by atoms with Gasteiger partial charge < -0.3 is 9.88 Å². The maximum atomic E-state index is 12.7. The molecule has 2 aromatic rings. The van der Waals surface area contributed by atoms with Crippen molar-refractivity contribution in [2.24, 2.45) is 0 Å². The van der Waals surface area contributed by atoms with Crippen molar-refractivity contribution in [2.75, 3.05) is 6.54 Å². The Morgan fingerprint density at radius 1 is 1.40 bits per heavy atom. The summed E-state index contributed by atoms with van der Waals surface area (Å²) in [7, 11) is 0. The summed E-state index contributed by atoms with van der Waals surface area (Å²) in [5.41, 5.74) is 4.35. The molecule has 2 heterocycles. The average molecular weight is 270 g/mol. The number of hydrogen-bond donors (Lipinski definition) is 1. The summed E-state index contributed by atoms with van der Waals surface area (Å²) in [5.74, 6) is 0.189. The number of carbonyl (C=O) groups excluding carboxylic acids is 1. The van der Waals surface area contributed by atoms with Crippen LogP contribution in [-0.4, -0.2) is 28.4 Å². The first-order valence-electron chi connectivity index (χ1n) is 7.51. The molecule has 0 bridgehead atoms. The van der Waals surface area contributed by atoms with Crippen LogP contribution in [0.2, 0.25) is 0 Å². The molecule has 0 aliphatic carbocycles. The molecule has 1 aromatic heterocycles. The molecule has 1 aromatic carbocycles. The van der Waals surface area contributed by atoms with Crippen LogP contribution in [0.15, 0.2) is 18.2 Å². The van der Waals surface area contributed by atoms with E-state index in [0.717, 1.165) is 36.9 Å². The molecule has 20 heavy (non-hydrogen) atoms. The van der Waals surface area contributed by atoms with Crippen molar-refractivity contribution in [3.63, 3.8) is 0 Å². The molecule has 0 radical (unpaired) electrons. The number of carbonyl (C=O) groups is 1. The molecule has 3 rings (SSSR count). The fraction of sp³-hybridized carbons (Fsp3) is 0.471. The number of amides is 1. The molecule has 1 N–H and O–H groups in total. The van der Waals surface area contributed by atoms with E-state index in [-0.39, 0.29) is 5.91 Å². The standard InChI is InChI=1S/C17H22N2O/c1-4-14-6-5-9-19(14)17(20)13-7-8-16-15(10-13)11(2)12(3)18-16/h7-8,10,14,18H,4-6,9H2,1-3H3. The summed E-state index contributed by atoms with van der Waals surface area (Å²) in [4.78, 5) is 18.1. The Balaban J connectivity index is 1.97. The van der Waals surface area contributed by atoms with E-state index in [1.54, 1.807) is 0 Å². The quantitative estimate of drug-likeness (QED) is 0.885. The predicted octanol–water partition coefficient (Wildman–Crippen LogP) is 3.80. The number of aryl methyl sites for hydroxylation is 2. The number of fused-ring (bicyclic) bond motifs is 1. The monoisotopic (exact) mass is 270 g/mol. The van der Waals surface area contributed by atoms with Crippen LogP contribution in [0.25, 0.3) is 10.9 Å². The maximum absolute atomic E-state index is 12.7. The number of aromatic nitrogens is 1. The third kappa shape index (κ3) is 2.01. The molecule has 1 fully saturated rings. The van der Waals surface area contributed by atoms with Gasteiger partial charge in [-0.2, -0.15) is 0 Å². The minimum Gasteiger partial charge on any atom is -0.358 e. The van der Waals surface area contributed by atoms with Crippen molar-refractivity contribution >= 4 is 16.8 Å². The van der Waals surface area contributed by atoms with Gasteiger partial charge in [0.2, 0.25) is 0 Å². The third-order valence-corrected chi connectivity index (χ3v) is 4.66. The molecule has 1 saturated heterocycles. The van der Waals surface area contributed by atoms with Crippen LogP contribution in [0.3, 0.4) is 0 Å². The van der Waals surface area contributed by atoms with Crippen molar-refractivity contribution in [3.05, 3.63) is 35.0 Å². The zero-order chi connectivity index (χ0) is 14.3. The smallest absolute Gasteiger partial charge is 0.254 e. The normalized spacial score (nSPS) is 18.9. The molecule has 3 heteroatoms. The number of likely N-dealkylation sites (tertiary alicyclic amines) is 1. The second kappa shape index (κ2) is 4.97. The van der Waals surface area contributed by atoms with Crippen LogP contribution in [0, 0.1) is 13.8 Å². The Morgan fingerprint density at radius 3 is 2.95 bits per heavy atom. The summed E-state index contributed by atoms with van der Waals surface area (Å²) in [5, 5.41) is 1.17. The van der Waals surface area contributed by atoms with Crippen molar-refractivity contribution in [2.45, 2.75) is 46.1 Å². The van der Waals surface area contributed by atoms with Crippen LogP contribution < -0.4 is 0 Å². The van der Waals surface area contributed by atoms with Gasteiger partial charge in [0.1, 0.15) is 0 Å². The topological polar surface area (TPSA) is 36.1 Å². The molecule has 1 amide bonds. The number of benzene rings is 1. The second-order valence-electron chi connectivity index (χ2n) is 5.84. The second-order valence-corrected chi connectivity index (χ2v) is 5.84. The van der Waals surface area contributed by atoms with Gasteiger partial charge in [0.25, 0.3) is 5.91 Å². The minimum atomic E-state index is 0.189. The predicted molar refractivity (Wildman–Crippen MR) is 82.1 cm³/mol. The summed E-state index contributed by atoms with van der Waals surface area (Å²) >= 11 is 0. The molecule has 0 spiro atoms. The van der Waals surface area contributed by atoms with E-state index in [1.807, 2.05) is 18.2 Å². The highest BCUT2D eigenvalue weighted by atomic mass is 16.2. The molecule has 1 aliphatic rings. The number of hydrogen-bond acceptors (Lipinski definition) is 1. The lowest BCUT2D eigenvalue weighted by molar-refractivity contribution is 0.0734. The summed E-state index contributed by atoms with van der Waals surface area (Å²) in [6, 6.07) is 6.44. The number of H-pyrrole nitrogens is 1. The van der Waals surface area contributed by atoms with Gasteiger partial charge in [-0.05, 0) is 56.9 Å². The molecule has 3 nitrogen and oxygen atoms in total. The van der Waals surface area contributed by atoms with Crippen LogP contribution in [-0.2, 0) is 0 Å². The highest BCUT2D eigenvalue weighted by Crippen LogP contribution is 2.26. The highest BCUT2D eigenvalue weighted by molar-refractivity contribution is 5.99. The minimum absolute atomic E-state index is 0.189. The van der Waals surface area contributed by atoms with Gasteiger partial charge in [-0.25, -0.2) is 0 Å². The van der Waals surface area contributed by atoms with E-state index < -0.39 is 0 Å². The number of nitrogens with zero attached hydrogens (tertiary/aromatic N) is 1. The number of aromatic amines is 1. The molecular weight excluding hydrogens is 248 g/mol. The van der Waals surface area contributed by atoms with Crippen molar-refractivity contribution in [1.82, 2.24) is 9.88 Å². The van der Waals surface area contributed by atoms with E-state index >= 15 is 0 Å². The summed E-state index contributed by atoms with van der Waals surface area (Å²) < 4.78 is 0. The van der Waals surface area contributed by atoms with E-state index in [9.17, 15) is 4.79 Å². The van der Waals surface area contributed by atoms with Crippen molar-refractivity contribution in [1.29, 1.82) is 0 Å². The fourth-order valence-corrected chi connectivity index (χ4v) is 3.29. The maximum Gasteiger partial charge on any atom is 0.254 e. The zero-order valence-electron chi connectivity index (χ0n) is 12.5. The van der Waals surface area contributed by atoms with Gasteiger partial charge in [0, 0.05) is 34.7 Å². The zero-order valence-corrected chi connectivity index (χ0v) is 12.5. The van der Waals surface area contributed by atoms with Gasteiger partial charge in [-0.15, -0.1) is 0 Å². The summed E-state index contributed by atoms with van der Waals surface area (Å²) in [6.45, 7) is 7.25. The van der Waals surface area contributed by atoms with Crippen LogP contribution in [0.1, 0.15) is 47.8 Å². The van der Waals surface area contributed by atoms with Gasteiger partial charge in [-0.3, -0.25) is 4.79 Å². The Hall–Kier alpha value is -1.77. The molecule has 1 atom stereocenters. The Bertz CT molecular complexity index is 656. The number of rotatable bonds is 2. The lowest BCUT2D eigenvalue weighted by Crippen LogP contribution is -2.35. The van der Waals surface area contributed by atoms with Gasteiger partial charge in [0.05, 0.1) is 0 Å². The first kappa shape index (κ1) is 13.2. The Kier molecular flexibility index (Phi) is 3.28. The highest BCUT2D eigenvalue weighted by Gasteiger charge is 2.28. The third-order valence-electron chi connectivity index (χ3n) is 4.66. The van der Waals surface area contributed by atoms with Crippen LogP contribution in [0.4, 0.5) is 0 Å². The number of nitrogens with one attached hydrogen (secondary N) is 1. The molecule has 0 saturated carbocycles. The van der Waals surface area contributed by atoms with E-state index in [2.05, 4.69) is 30.7 Å². The Morgan fingerprint density at radius 2 is 2.20 bits per heavy atom. The van der Waals surface area contributed by atoms with Gasteiger partial charge in [-0.1, -0.05) is 6.92 Å². The van der Waals surface area contributed by atoms with Crippen LogP contribution >= 0.6 is 0 Å². The Labute approximate surface area is 120 Å². The fourth-order valence-electron chi connectivity index (χ4n) is 3.29. The van der Waals surface area contributed by atoms with Crippen molar-refractivity contribution < 1.29 is 4.79 Å². The van der Waals surface area contributed by atoms with Crippen LogP contribution in [0.5, 0.6) is 0 Å². The molecule has 1 unspecified atom stereocenters. The lowest BCUT2D eigenvalue weighted by atomic mass is 10.1. The lowest BCUT2D eigenvalue weighted by Gasteiger charge is -2.23. The molecular formula is C17H22N2O. The first-order valence-corrected chi connectivity index (χ1v) is 7.51. The first-order chi connectivity index (χ1) is 9.61. The van der Waals surface area contributed by atoms with Gasteiger partial charge in [0.15, 0.2) is 0 Å². The summed E-state index contributed by atoms with van der Waals surface area (Å²) in [6.07, 6.45) is 3.33. The van der Waals surface area contributed by atoms with Crippen molar-refractivity contribution in [3.8, 4) is 0 Å². The largest absolute Gasteiger partial charge is 0.358 e.